The van der Waals surface area contributed by atoms with Crippen molar-refractivity contribution in [2.45, 2.75) is 51.5 Å². The predicted octanol–water partition coefficient (Wildman–Crippen LogP) is 6.82. The van der Waals surface area contributed by atoms with Crippen molar-refractivity contribution in [2.75, 3.05) is 0 Å². The summed E-state index contributed by atoms with van der Waals surface area (Å²) in [5.74, 6) is 1.00. The van der Waals surface area contributed by atoms with Gasteiger partial charge in [-0.2, -0.15) is 0 Å². The monoisotopic (exact) mass is 540 g/mol. The molecule has 6 nitrogen and oxygen atoms in total. The molecule has 0 fully saturated rings. The summed E-state index contributed by atoms with van der Waals surface area (Å²) in [4.78, 5) is 15.9. The van der Waals surface area contributed by atoms with Gasteiger partial charge < -0.3 is 14.9 Å². The molecule has 3 aromatic heterocycles. The number of aromatic amines is 1. The molecule has 206 valence electrons. The zero-order valence-electron chi connectivity index (χ0n) is 23.6. The van der Waals surface area contributed by atoms with Crippen molar-refractivity contribution >= 4 is 21.9 Å². The van der Waals surface area contributed by atoms with Crippen molar-refractivity contribution in [1.29, 1.82) is 0 Å². The molecule has 7 rings (SSSR count). The number of pyridine rings is 1. The molecule has 41 heavy (non-hydrogen) atoms. The second-order valence-corrected chi connectivity index (χ2v) is 11.2. The average Bonchev–Trinajstić information content (AvgIpc) is 3.57. The van der Waals surface area contributed by atoms with Gasteiger partial charge in [0.25, 0.3) is 0 Å². The topological polar surface area (TPSA) is 61.8 Å². The number of fused-ring (bicyclic) bond motifs is 3. The Morgan fingerprint density at radius 3 is 2.61 bits per heavy atom. The maximum atomic E-state index is 4.91. The van der Waals surface area contributed by atoms with Gasteiger partial charge in [-0.15, -0.1) is 0 Å². The molecule has 0 radical (unpaired) electrons. The Bertz CT molecular complexity index is 1750. The molecule has 6 heteroatoms. The first kappa shape index (κ1) is 25.7. The number of hydrogen-bond acceptors (Lipinski definition) is 4. The number of nitrogens with zero attached hydrogens (tertiary/aromatic N) is 4. The fourth-order valence-corrected chi connectivity index (χ4v) is 6.34. The summed E-state index contributed by atoms with van der Waals surface area (Å²) >= 11 is 0. The molecule has 1 aliphatic rings. The van der Waals surface area contributed by atoms with Gasteiger partial charge >= 0.3 is 0 Å². The number of benzene rings is 3. The van der Waals surface area contributed by atoms with Crippen LogP contribution in [-0.2, 0) is 39.6 Å². The Morgan fingerprint density at radius 2 is 1.73 bits per heavy atom. The number of rotatable bonds is 9. The van der Waals surface area contributed by atoms with Crippen LogP contribution >= 0.6 is 0 Å². The van der Waals surface area contributed by atoms with Crippen LogP contribution in [0.4, 0.5) is 0 Å². The van der Waals surface area contributed by atoms with Gasteiger partial charge in [0.2, 0.25) is 0 Å². The van der Waals surface area contributed by atoms with E-state index in [-0.39, 0.29) is 6.04 Å². The van der Waals surface area contributed by atoms with E-state index in [0.29, 0.717) is 0 Å². The van der Waals surface area contributed by atoms with Gasteiger partial charge in [-0.3, -0.25) is 9.88 Å². The van der Waals surface area contributed by atoms with Crippen molar-refractivity contribution in [3.05, 3.63) is 131 Å². The van der Waals surface area contributed by atoms with E-state index in [9.17, 15) is 0 Å². The minimum atomic E-state index is 0.273. The summed E-state index contributed by atoms with van der Waals surface area (Å²) in [6, 6.07) is 32.8. The molecule has 0 bridgehead atoms. The van der Waals surface area contributed by atoms with Crippen molar-refractivity contribution < 1.29 is 0 Å². The summed E-state index contributed by atoms with van der Waals surface area (Å²) in [6.45, 7) is 3.28. The van der Waals surface area contributed by atoms with Gasteiger partial charge in [0, 0.05) is 44.1 Å². The molecule has 2 N–H and O–H groups in total. The Hall–Kier alpha value is -4.26. The van der Waals surface area contributed by atoms with Crippen LogP contribution in [0.15, 0.2) is 97.2 Å². The summed E-state index contributed by atoms with van der Waals surface area (Å²) in [7, 11) is 2.14. The normalized spacial score (nSPS) is 15.1. The SMILES string of the molecule is Cn1c(CNCc2ccc(CN(Cc3nc4ccccc4[nH]3)C3CCCc4cccnc43)cc2)cc2ccccc21. The highest BCUT2D eigenvalue weighted by atomic mass is 15.2. The van der Waals surface area contributed by atoms with Crippen LogP contribution in [-0.4, -0.2) is 24.4 Å². The number of nitrogens with one attached hydrogen (secondary N) is 2. The number of H-pyrrole nitrogens is 1. The highest BCUT2D eigenvalue weighted by Crippen LogP contribution is 2.34. The molecule has 0 aliphatic heterocycles. The number of aromatic nitrogens is 4. The molecule has 0 saturated carbocycles. The zero-order chi connectivity index (χ0) is 27.6. The van der Waals surface area contributed by atoms with Crippen LogP contribution in [0.25, 0.3) is 21.9 Å². The Morgan fingerprint density at radius 1 is 0.902 bits per heavy atom. The van der Waals surface area contributed by atoms with Crippen molar-refractivity contribution in [3.63, 3.8) is 0 Å². The lowest BCUT2D eigenvalue weighted by atomic mass is 9.90. The molecule has 1 unspecified atom stereocenters. The third kappa shape index (κ3) is 5.41. The van der Waals surface area contributed by atoms with E-state index in [0.717, 1.165) is 55.9 Å². The Balaban J connectivity index is 1.07. The Kier molecular flexibility index (Phi) is 7.09. The van der Waals surface area contributed by atoms with E-state index >= 15 is 0 Å². The molecular weight excluding hydrogens is 504 g/mol. The molecule has 1 atom stereocenters. The lowest BCUT2D eigenvalue weighted by Crippen LogP contribution is -2.31. The maximum absolute atomic E-state index is 4.91. The third-order valence-electron chi connectivity index (χ3n) is 8.49. The highest BCUT2D eigenvalue weighted by molar-refractivity contribution is 5.81. The van der Waals surface area contributed by atoms with Crippen LogP contribution in [0.2, 0.25) is 0 Å². The van der Waals surface area contributed by atoms with Crippen molar-refractivity contribution in [1.82, 2.24) is 29.7 Å². The molecule has 3 heterocycles. The first-order valence-corrected chi connectivity index (χ1v) is 14.6. The van der Waals surface area contributed by atoms with Gasteiger partial charge in [0.05, 0.1) is 29.3 Å². The lowest BCUT2D eigenvalue weighted by molar-refractivity contribution is 0.153. The van der Waals surface area contributed by atoms with Crippen LogP contribution < -0.4 is 5.32 Å². The van der Waals surface area contributed by atoms with Crippen LogP contribution in [0.1, 0.15) is 52.8 Å². The van der Waals surface area contributed by atoms with E-state index in [2.05, 4.69) is 112 Å². The molecular formula is C35H36N6. The van der Waals surface area contributed by atoms with Crippen LogP contribution in [0.3, 0.4) is 0 Å². The third-order valence-corrected chi connectivity index (χ3v) is 8.49. The molecule has 0 amide bonds. The van der Waals surface area contributed by atoms with E-state index in [4.69, 9.17) is 9.97 Å². The smallest absolute Gasteiger partial charge is 0.121 e. The summed E-state index contributed by atoms with van der Waals surface area (Å²) in [5, 5.41) is 4.93. The second kappa shape index (κ2) is 11.3. The van der Waals surface area contributed by atoms with E-state index < -0.39 is 0 Å². The number of para-hydroxylation sites is 3. The van der Waals surface area contributed by atoms with Gasteiger partial charge in [0.15, 0.2) is 0 Å². The fraction of sp³-hybridized carbons (Fsp3) is 0.257. The van der Waals surface area contributed by atoms with E-state index in [1.807, 2.05) is 12.3 Å². The van der Waals surface area contributed by atoms with Gasteiger partial charge in [-0.05, 0) is 71.7 Å². The van der Waals surface area contributed by atoms with Crippen LogP contribution in [0, 0.1) is 0 Å². The van der Waals surface area contributed by atoms with Gasteiger partial charge in [-0.1, -0.05) is 60.7 Å². The van der Waals surface area contributed by atoms with E-state index in [1.165, 1.54) is 45.4 Å². The minimum Gasteiger partial charge on any atom is -0.346 e. The number of hydrogen-bond donors (Lipinski definition) is 2. The first-order chi connectivity index (χ1) is 20.2. The molecule has 0 spiro atoms. The summed E-state index contributed by atoms with van der Waals surface area (Å²) < 4.78 is 2.28. The predicted molar refractivity (Wildman–Crippen MR) is 165 cm³/mol. The number of imidazole rings is 1. The van der Waals surface area contributed by atoms with Crippen LogP contribution in [0.5, 0.6) is 0 Å². The summed E-state index contributed by atoms with van der Waals surface area (Å²) in [6.07, 6.45) is 5.34. The first-order valence-electron chi connectivity index (χ1n) is 14.6. The highest BCUT2D eigenvalue weighted by Gasteiger charge is 2.28. The Labute approximate surface area is 241 Å². The lowest BCUT2D eigenvalue weighted by Gasteiger charge is -2.34. The summed E-state index contributed by atoms with van der Waals surface area (Å²) in [5.41, 5.74) is 9.88. The second-order valence-electron chi connectivity index (χ2n) is 11.2. The molecule has 3 aromatic carbocycles. The molecule has 1 aliphatic carbocycles. The fourth-order valence-electron chi connectivity index (χ4n) is 6.34. The molecule has 6 aromatic rings. The zero-order valence-corrected chi connectivity index (χ0v) is 23.6. The van der Waals surface area contributed by atoms with Gasteiger partial charge in [0.1, 0.15) is 5.82 Å². The van der Waals surface area contributed by atoms with Crippen molar-refractivity contribution in [2.24, 2.45) is 7.05 Å². The average molecular weight is 541 g/mol. The number of aryl methyl sites for hydroxylation is 2. The largest absolute Gasteiger partial charge is 0.346 e. The van der Waals surface area contributed by atoms with E-state index in [1.54, 1.807) is 0 Å². The van der Waals surface area contributed by atoms with Gasteiger partial charge in [-0.25, -0.2) is 4.98 Å². The van der Waals surface area contributed by atoms with Crippen molar-refractivity contribution in [3.8, 4) is 0 Å². The minimum absolute atomic E-state index is 0.273. The molecule has 0 saturated heterocycles. The quantitative estimate of drug-likeness (QED) is 0.211. The standard InChI is InChI=1S/C35H36N6/c1-40-29(20-28-8-2-5-13-32(28)40)22-36-21-25-15-17-26(18-16-25)23-41(24-34-38-30-11-3-4-12-31(30)39-34)33-14-6-9-27-10-7-19-37-35(27)33/h2-5,7-8,10-13,15-20,33,36H,6,9,14,21-24H2,1H3,(H,38,39). The maximum Gasteiger partial charge on any atom is 0.121 e.